The number of hydrogen-bond donors (Lipinski definition) is 0. The summed E-state index contributed by atoms with van der Waals surface area (Å²) in [7, 11) is -2.73. The fraction of sp³-hybridized carbons (Fsp3) is 0.171. The third-order valence-electron chi connectivity index (χ3n) is 9.70. The summed E-state index contributed by atoms with van der Waals surface area (Å²) < 4.78 is 7.35. The van der Waals surface area contributed by atoms with Gasteiger partial charge in [-0.25, -0.2) is 0 Å². The molecule has 3 aliphatic rings. The standard InChI is InChI=1S/C41H38OSi.2ClH.Zr/c1-41(39-28-26-32-16-11-13-24-37(32)39,40-29-27-33-17-12-14-25-38(33)40)30-15-31-42-43(34-18-5-2-6-19-34,35-20-7-3-8-21-35)36-22-9-4-10-23-36;;;/h2-14,16-29,37,40H,15,30-31H2,1H3;2*1H;/q;;;+2/p-2. The van der Waals surface area contributed by atoms with Crippen LogP contribution in [0.15, 0.2) is 169 Å². The van der Waals surface area contributed by atoms with Crippen LogP contribution in [-0.2, 0) is 30.6 Å². The number of halogens is 2. The van der Waals surface area contributed by atoms with Gasteiger partial charge in [-0.15, -0.1) is 0 Å². The van der Waals surface area contributed by atoms with E-state index >= 15 is 0 Å². The van der Waals surface area contributed by atoms with Gasteiger partial charge < -0.3 is 29.2 Å². The molecule has 5 heteroatoms. The molecule has 3 atom stereocenters. The van der Waals surface area contributed by atoms with Crippen molar-refractivity contribution in [1.82, 2.24) is 0 Å². The molecule has 0 radical (unpaired) electrons. The average molecular weight is 737 g/mol. The number of fused-ring (bicyclic) bond motifs is 2. The number of hydrogen-bond acceptors (Lipinski definition) is 1. The van der Waals surface area contributed by atoms with Crippen LogP contribution in [0.25, 0.3) is 6.08 Å². The first kappa shape index (κ1) is 36.1. The van der Waals surface area contributed by atoms with Crippen molar-refractivity contribution in [2.24, 2.45) is 11.3 Å². The van der Waals surface area contributed by atoms with Crippen molar-refractivity contribution in [1.29, 1.82) is 0 Å². The van der Waals surface area contributed by atoms with Gasteiger partial charge in [0.25, 0.3) is 8.32 Å². The Morgan fingerprint density at radius 1 is 0.652 bits per heavy atom. The molecule has 1 nitrogen and oxygen atoms in total. The topological polar surface area (TPSA) is 9.23 Å². The number of rotatable bonds is 10. The monoisotopic (exact) mass is 734 g/mol. The van der Waals surface area contributed by atoms with Gasteiger partial charge in [-0.1, -0.05) is 176 Å². The molecule has 0 saturated heterocycles. The van der Waals surface area contributed by atoms with Gasteiger partial charge in [0.15, 0.2) is 0 Å². The Kier molecular flexibility index (Phi) is 12.4. The second-order valence-corrected chi connectivity index (χ2v) is 15.5. The van der Waals surface area contributed by atoms with E-state index in [1.807, 2.05) is 0 Å². The molecule has 0 bridgehead atoms. The summed E-state index contributed by atoms with van der Waals surface area (Å²) in [6.45, 7) is 3.20. The quantitative estimate of drug-likeness (QED) is 0.138. The van der Waals surface area contributed by atoms with E-state index in [0.29, 0.717) is 18.4 Å². The maximum Gasteiger partial charge on any atom is 2.00 e. The molecule has 0 amide bonds. The Hall–Kier alpha value is -2.78. The molecule has 7 rings (SSSR count). The molecule has 3 unspecified atom stereocenters. The van der Waals surface area contributed by atoms with Crippen molar-refractivity contribution < 1.29 is 55.4 Å². The number of allylic oxidation sites excluding steroid dienone is 9. The van der Waals surface area contributed by atoms with E-state index in [-0.39, 0.29) is 56.4 Å². The van der Waals surface area contributed by atoms with Gasteiger partial charge in [0.1, 0.15) is 0 Å². The summed E-state index contributed by atoms with van der Waals surface area (Å²) in [5.74, 6) is 0.685. The zero-order valence-corrected chi connectivity index (χ0v) is 31.0. The van der Waals surface area contributed by atoms with E-state index in [2.05, 4.69) is 171 Å². The second kappa shape index (κ2) is 15.9. The molecule has 0 N–H and O–H groups in total. The SMILES string of the molecule is CC(CCCO[Si](c1ccccc1)(c1ccccc1)c1ccccc1)(C1=CC=C2C=CC=CC21)C1C=Cc2ccccc21.[Cl-].[Cl-].[Zr+2]. The van der Waals surface area contributed by atoms with Crippen LogP contribution in [0.2, 0.25) is 0 Å². The molecule has 0 heterocycles. The van der Waals surface area contributed by atoms with E-state index < -0.39 is 8.32 Å². The van der Waals surface area contributed by atoms with Gasteiger partial charge in [-0.3, -0.25) is 0 Å². The predicted molar refractivity (Wildman–Crippen MR) is 183 cm³/mol. The molecule has 0 spiro atoms. The second-order valence-electron chi connectivity index (χ2n) is 12.1. The molecule has 0 saturated carbocycles. The van der Waals surface area contributed by atoms with Crippen molar-refractivity contribution in [2.75, 3.05) is 6.61 Å². The third kappa shape index (κ3) is 6.64. The summed E-state index contributed by atoms with van der Waals surface area (Å²) in [4.78, 5) is 0. The van der Waals surface area contributed by atoms with Crippen LogP contribution in [0.3, 0.4) is 0 Å². The fourth-order valence-electron chi connectivity index (χ4n) is 7.55. The minimum absolute atomic E-state index is 0. The summed E-state index contributed by atoms with van der Waals surface area (Å²) in [6.07, 6.45) is 20.6. The van der Waals surface area contributed by atoms with Gasteiger partial charge in [0.05, 0.1) is 0 Å². The normalized spacial score (nSPS) is 18.5. The maximum absolute atomic E-state index is 7.35. The summed E-state index contributed by atoms with van der Waals surface area (Å²) in [6, 6.07) is 41.7. The van der Waals surface area contributed by atoms with E-state index in [1.165, 1.54) is 37.8 Å². The summed E-state index contributed by atoms with van der Waals surface area (Å²) in [5, 5.41) is 3.86. The van der Waals surface area contributed by atoms with Gasteiger partial charge >= 0.3 is 26.2 Å². The Labute approximate surface area is 307 Å². The smallest absolute Gasteiger partial charge is 1.00 e. The van der Waals surface area contributed by atoms with Crippen LogP contribution >= 0.6 is 0 Å². The van der Waals surface area contributed by atoms with Gasteiger partial charge in [0, 0.05) is 23.9 Å². The minimum atomic E-state index is -2.73. The van der Waals surface area contributed by atoms with Crippen LogP contribution < -0.4 is 40.4 Å². The van der Waals surface area contributed by atoms with Crippen LogP contribution in [0, 0.1) is 11.3 Å². The van der Waals surface area contributed by atoms with Crippen LogP contribution in [0.4, 0.5) is 0 Å². The first-order valence-corrected chi connectivity index (χ1v) is 17.5. The van der Waals surface area contributed by atoms with Crippen LogP contribution in [0.1, 0.15) is 36.8 Å². The Morgan fingerprint density at radius 2 is 1.22 bits per heavy atom. The maximum atomic E-state index is 7.35. The largest absolute Gasteiger partial charge is 2.00 e. The summed E-state index contributed by atoms with van der Waals surface area (Å²) >= 11 is 0. The predicted octanol–water partition coefficient (Wildman–Crippen LogP) is 1.88. The first-order valence-electron chi connectivity index (χ1n) is 15.5. The molecule has 0 fully saturated rings. The number of benzene rings is 4. The van der Waals surface area contributed by atoms with Crippen molar-refractivity contribution in [3.8, 4) is 0 Å². The molecule has 230 valence electrons. The Balaban J connectivity index is 0.00000160. The van der Waals surface area contributed by atoms with E-state index in [9.17, 15) is 0 Å². The van der Waals surface area contributed by atoms with Gasteiger partial charge in [-0.05, 0) is 45.1 Å². The van der Waals surface area contributed by atoms with Crippen molar-refractivity contribution >= 4 is 30.0 Å². The van der Waals surface area contributed by atoms with Crippen molar-refractivity contribution in [3.63, 3.8) is 0 Å². The minimum Gasteiger partial charge on any atom is -1.00 e. The molecule has 46 heavy (non-hydrogen) atoms. The molecule has 4 aromatic rings. The van der Waals surface area contributed by atoms with Crippen LogP contribution in [0.5, 0.6) is 0 Å². The molecular weight excluding hydrogens is 699 g/mol. The average Bonchev–Trinajstić information content (AvgIpc) is 3.72. The van der Waals surface area contributed by atoms with Gasteiger partial charge in [-0.2, -0.15) is 0 Å². The molecule has 0 aliphatic heterocycles. The van der Waals surface area contributed by atoms with Gasteiger partial charge in [0.2, 0.25) is 0 Å². The molecule has 3 aliphatic carbocycles. The van der Waals surface area contributed by atoms with E-state index in [1.54, 1.807) is 0 Å². The summed E-state index contributed by atoms with van der Waals surface area (Å²) in [5.41, 5.74) is 5.68. The third-order valence-corrected chi connectivity index (χ3v) is 13.8. The first-order chi connectivity index (χ1) is 21.2. The van der Waals surface area contributed by atoms with Crippen molar-refractivity contribution in [2.45, 2.75) is 25.7 Å². The Bertz CT molecular complexity index is 1650. The Morgan fingerprint density at radius 3 is 1.83 bits per heavy atom. The molecule has 0 aromatic heterocycles. The van der Waals surface area contributed by atoms with Crippen molar-refractivity contribution in [3.05, 3.63) is 180 Å². The fourth-order valence-corrected chi connectivity index (χ4v) is 11.5. The van der Waals surface area contributed by atoms with Crippen LogP contribution in [-0.4, -0.2) is 14.9 Å². The molecule has 4 aromatic carbocycles. The molecular formula is C41H38Cl2OSiZr. The zero-order chi connectivity index (χ0) is 29.1. The van der Waals surface area contributed by atoms with E-state index in [0.717, 1.165) is 12.8 Å². The van der Waals surface area contributed by atoms with E-state index in [4.69, 9.17) is 4.43 Å². The zero-order valence-electron chi connectivity index (χ0n) is 26.0.